The van der Waals surface area contributed by atoms with Gasteiger partial charge in [-0.05, 0) is 73.8 Å². The summed E-state index contributed by atoms with van der Waals surface area (Å²) >= 11 is 6.62. The second kappa shape index (κ2) is 7.02. The Bertz CT molecular complexity index is 661. The molecule has 1 amide bonds. The van der Waals surface area contributed by atoms with E-state index in [1.807, 2.05) is 17.0 Å². The number of amides is 1. The lowest BCUT2D eigenvalue weighted by Gasteiger charge is -2.58. The number of nitrogens with one attached hydrogen (secondary N) is 2. The Labute approximate surface area is 166 Å². The monoisotopic (exact) mass is 388 g/mol. The molecule has 4 saturated carbocycles. The minimum atomic E-state index is -0.265. The van der Waals surface area contributed by atoms with Gasteiger partial charge in [0.15, 0.2) is 0 Å². The van der Waals surface area contributed by atoms with E-state index in [0.29, 0.717) is 5.56 Å². The summed E-state index contributed by atoms with van der Waals surface area (Å²) in [4.78, 5) is 19.6. The maximum atomic E-state index is 13.5. The van der Waals surface area contributed by atoms with Crippen LogP contribution in [0.4, 0.5) is 0 Å². The Hall–Kier alpha value is -1.17. The van der Waals surface area contributed by atoms with Gasteiger partial charge in [0.25, 0.3) is 5.91 Å². The summed E-state index contributed by atoms with van der Waals surface area (Å²) in [6.07, 6.45) is 11.3. The van der Waals surface area contributed by atoms with Crippen molar-refractivity contribution in [3.8, 4) is 0 Å². The topological polar surface area (TPSA) is 57.3 Å². The molecule has 5 fully saturated rings. The standard InChI is InChI=1S/C21H29ClN4O/c22-18-19(25-6-5-24-18)26(20(27)17-1-3-23-4-2-17)13-21-10-14-7-15(11-21)9-16(8-14)12-21/h1-4,14-16,18-19,24-25H,5-13H2. The summed E-state index contributed by atoms with van der Waals surface area (Å²) in [7, 11) is 0. The summed E-state index contributed by atoms with van der Waals surface area (Å²) in [6.45, 7) is 2.48. The van der Waals surface area contributed by atoms with Gasteiger partial charge in [-0.2, -0.15) is 0 Å². The van der Waals surface area contributed by atoms with E-state index in [9.17, 15) is 4.79 Å². The molecule has 5 nitrogen and oxygen atoms in total. The molecule has 4 aliphatic carbocycles. The molecule has 1 aliphatic heterocycles. The molecule has 6 heteroatoms. The summed E-state index contributed by atoms with van der Waals surface area (Å²) in [5, 5.41) is 6.82. The van der Waals surface area contributed by atoms with Crippen molar-refractivity contribution in [3.05, 3.63) is 30.1 Å². The fourth-order valence-electron chi connectivity index (χ4n) is 6.72. The number of hydrogen-bond acceptors (Lipinski definition) is 4. The Morgan fingerprint density at radius 1 is 1.07 bits per heavy atom. The maximum Gasteiger partial charge on any atom is 0.255 e. The predicted molar refractivity (Wildman–Crippen MR) is 105 cm³/mol. The number of carbonyl (C=O) groups is 1. The zero-order valence-corrected chi connectivity index (χ0v) is 16.5. The number of pyridine rings is 1. The van der Waals surface area contributed by atoms with Gasteiger partial charge in [0.05, 0.1) is 0 Å². The molecule has 0 radical (unpaired) electrons. The van der Waals surface area contributed by atoms with Crippen LogP contribution in [0.1, 0.15) is 48.9 Å². The molecular formula is C21H29ClN4O. The van der Waals surface area contributed by atoms with Crippen molar-refractivity contribution in [1.29, 1.82) is 0 Å². The average molecular weight is 389 g/mol. The first kappa shape index (κ1) is 17.9. The zero-order valence-electron chi connectivity index (χ0n) is 15.7. The largest absolute Gasteiger partial charge is 0.320 e. The minimum absolute atomic E-state index is 0.0694. The molecule has 1 saturated heterocycles. The van der Waals surface area contributed by atoms with Gasteiger partial charge in [0.1, 0.15) is 11.7 Å². The number of carbonyl (C=O) groups excluding carboxylic acids is 1. The van der Waals surface area contributed by atoms with Gasteiger partial charge in [-0.25, -0.2) is 0 Å². The van der Waals surface area contributed by atoms with E-state index in [0.717, 1.165) is 37.4 Å². The molecule has 5 aliphatic rings. The highest BCUT2D eigenvalue weighted by atomic mass is 35.5. The van der Waals surface area contributed by atoms with E-state index in [2.05, 4.69) is 15.6 Å². The van der Waals surface area contributed by atoms with Crippen molar-refractivity contribution in [3.63, 3.8) is 0 Å². The van der Waals surface area contributed by atoms with Gasteiger partial charge < -0.3 is 4.90 Å². The summed E-state index contributed by atoms with van der Waals surface area (Å²) in [5.41, 5.74) is 0.720. The van der Waals surface area contributed by atoms with Crippen molar-refractivity contribution in [1.82, 2.24) is 20.5 Å². The summed E-state index contributed by atoms with van der Waals surface area (Å²) < 4.78 is 0. The molecule has 4 bridgehead atoms. The van der Waals surface area contributed by atoms with Crippen LogP contribution in [0.2, 0.25) is 0 Å². The second-order valence-electron chi connectivity index (χ2n) is 9.34. The SMILES string of the molecule is O=C(c1ccncc1)N(CC12CC3CC(CC(C3)C1)C2)C1NCCNC1Cl. The Morgan fingerprint density at radius 2 is 1.67 bits per heavy atom. The van der Waals surface area contributed by atoms with Gasteiger partial charge in [-0.3, -0.25) is 20.4 Å². The second-order valence-corrected chi connectivity index (χ2v) is 9.81. The molecule has 27 heavy (non-hydrogen) atoms. The molecule has 1 aromatic heterocycles. The van der Waals surface area contributed by atoms with E-state index >= 15 is 0 Å². The normalized spacial score (nSPS) is 40.1. The number of halogens is 1. The van der Waals surface area contributed by atoms with Crippen LogP contribution in [0.5, 0.6) is 0 Å². The molecule has 2 unspecified atom stereocenters. The van der Waals surface area contributed by atoms with Gasteiger partial charge in [0, 0.05) is 37.6 Å². The first-order valence-electron chi connectivity index (χ1n) is 10.4. The van der Waals surface area contributed by atoms with Crippen LogP contribution >= 0.6 is 11.6 Å². The molecule has 6 rings (SSSR count). The molecule has 146 valence electrons. The van der Waals surface area contributed by atoms with Crippen LogP contribution in [-0.4, -0.2) is 47.1 Å². The fraction of sp³-hybridized carbons (Fsp3) is 0.714. The Kier molecular flexibility index (Phi) is 4.65. The molecule has 2 atom stereocenters. The van der Waals surface area contributed by atoms with Crippen LogP contribution in [0.3, 0.4) is 0 Å². The number of rotatable bonds is 4. The molecule has 2 N–H and O–H groups in total. The van der Waals surface area contributed by atoms with Crippen LogP contribution < -0.4 is 10.6 Å². The van der Waals surface area contributed by atoms with Crippen molar-refractivity contribution in [2.45, 2.75) is 50.2 Å². The van der Waals surface area contributed by atoms with E-state index in [4.69, 9.17) is 11.6 Å². The van der Waals surface area contributed by atoms with Crippen LogP contribution in [0.15, 0.2) is 24.5 Å². The third-order valence-electron chi connectivity index (χ3n) is 7.29. The molecule has 0 aromatic carbocycles. The average Bonchev–Trinajstić information content (AvgIpc) is 2.66. The maximum absolute atomic E-state index is 13.5. The van der Waals surface area contributed by atoms with Gasteiger partial charge in [-0.1, -0.05) is 0 Å². The summed E-state index contributed by atoms with van der Waals surface area (Å²) in [6, 6.07) is 3.63. The lowest BCUT2D eigenvalue weighted by atomic mass is 9.49. The predicted octanol–water partition coefficient (Wildman–Crippen LogP) is 2.82. The Morgan fingerprint density at radius 3 is 2.26 bits per heavy atom. The van der Waals surface area contributed by atoms with Crippen molar-refractivity contribution in [2.24, 2.45) is 23.2 Å². The van der Waals surface area contributed by atoms with Gasteiger partial charge in [-0.15, -0.1) is 11.6 Å². The van der Waals surface area contributed by atoms with Crippen molar-refractivity contribution < 1.29 is 4.79 Å². The minimum Gasteiger partial charge on any atom is -0.320 e. The van der Waals surface area contributed by atoms with Crippen LogP contribution in [0, 0.1) is 23.2 Å². The first-order valence-corrected chi connectivity index (χ1v) is 10.9. The molecule has 0 spiro atoms. The highest BCUT2D eigenvalue weighted by Gasteiger charge is 2.52. The number of alkyl halides is 1. The zero-order chi connectivity index (χ0) is 18.4. The van der Waals surface area contributed by atoms with Gasteiger partial charge in [0.2, 0.25) is 0 Å². The number of piperazine rings is 1. The Balaban J connectivity index is 1.44. The quantitative estimate of drug-likeness (QED) is 0.615. The molecular weight excluding hydrogens is 360 g/mol. The lowest BCUT2D eigenvalue weighted by molar-refractivity contribution is -0.0721. The third kappa shape index (κ3) is 3.39. The van der Waals surface area contributed by atoms with E-state index in [-0.39, 0.29) is 23.0 Å². The van der Waals surface area contributed by atoms with Crippen LogP contribution in [-0.2, 0) is 0 Å². The number of aromatic nitrogens is 1. The lowest BCUT2D eigenvalue weighted by Crippen LogP contribution is -2.65. The smallest absolute Gasteiger partial charge is 0.255 e. The van der Waals surface area contributed by atoms with Gasteiger partial charge >= 0.3 is 0 Å². The number of nitrogens with zero attached hydrogens (tertiary/aromatic N) is 2. The molecule has 2 heterocycles. The fourth-order valence-corrected chi connectivity index (χ4v) is 7.05. The highest BCUT2D eigenvalue weighted by molar-refractivity contribution is 6.21. The number of hydrogen-bond donors (Lipinski definition) is 2. The summed E-state index contributed by atoms with van der Waals surface area (Å²) in [5.74, 6) is 2.69. The van der Waals surface area contributed by atoms with E-state index < -0.39 is 0 Å². The molecule has 1 aromatic rings. The third-order valence-corrected chi connectivity index (χ3v) is 7.68. The highest BCUT2D eigenvalue weighted by Crippen LogP contribution is 2.60. The van der Waals surface area contributed by atoms with E-state index in [1.54, 1.807) is 12.4 Å². The van der Waals surface area contributed by atoms with Crippen LogP contribution in [0.25, 0.3) is 0 Å². The first-order chi connectivity index (χ1) is 13.1. The van der Waals surface area contributed by atoms with E-state index in [1.165, 1.54) is 38.5 Å². The van der Waals surface area contributed by atoms with Crippen molar-refractivity contribution >= 4 is 17.5 Å². The van der Waals surface area contributed by atoms with Crippen molar-refractivity contribution in [2.75, 3.05) is 19.6 Å².